The van der Waals surface area contributed by atoms with Gasteiger partial charge < -0.3 is 19.3 Å². The van der Waals surface area contributed by atoms with Gasteiger partial charge in [0.15, 0.2) is 0 Å². The summed E-state index contributed by atoms with van der Waals surface area (Å²) in [6.07, 6.45) is 11.6. The van der Waals surface area contributed by atoms with E-state index in [1.165, 1.54) is 21.7 Å². The second kappa shape index (κ2) is 11.3. The molecule has 2 N–H and O–H groups in total. The number of sulfonamides is 2. The van der Waals surface area contributed by atoms with E-state index in [9.17, 15) is 27.0 Å². The van der Waals surface area contributed by atoms with E-state index in [4.69, 9.17) is 0 Å². The van der Waals surface area contributed by atoms with Gasteiger partial charge in [0.2, 0.25) is 20.0 Å². The number of aromatic nitrogens is 4. The lowest BCUT2D eigenvalue weighted by Gasteiger charge is -2.57. The molecule has 4 aromatic rings. The van der Waals surface area contributed by atoms with Crippen LogP contribution in [0, 0.1) is 22.7 Å². The van der Waals surface area contributed by atoms with E-state index < -0.39 is 32.3 Å². The molecule has 0 amide bonds. The summed E-state index contributed by atoms with van der Waals surface area (Å²) in [5, 5.41) is 23.4. The summed E-state index contributed by atoms with van der Waals surface area (Å²) < 4.78 is 59.8. The van der Waals surface area contributed by atoms with E-state index in [0.717, 1.165) is 40.9 Å². The highest BCUT2D eigenvalue weighted by atomic mass is 32.2. The van der Waals surface area contributed by atoms with Crippen molar-refractivity contribution in [1.29, 1.82) is 0 Å². The van der Waals surface area contributed by atoms with Gasteiger partial charge in [-0.05, 0) is 66.0 Å². The van der Waals surface area contributed by atoms with Gasteiger partial charge in [0.1, 0.15) is 0 Å². The summed E-state index contributed by atoms with van der Waals surface area (Å²) in [5.41, 5.74) is 6.36. The van der Waals surface area contributed by atoms with Crippen molar-refractivity contribution >= 4 is 20.0 Å². The molecule has 10 rings (SSSR count). The molecule has 0 bridgehead atoms. The normalized spacial score (nSPS) is 30.4. The fraction of sp³-hybridized carbons (Fsp3) is 0.526. The molecule has 6 aliphatic rings. The van der Waals surface area contributed by atoms with Gasteiger partial charge in [-0.3, -0.25) is 0 Å². The Balaban J connectivity index is 0.839. The lowest BCUT2D eigenvalue weighted by molar-refractivity contribution is -0.152. The Hall–Kier alpha value is -3.40. The van der Waals surface area contributed by atoms with E-state index in [2.05, 4.69) is 31.2 Å². The molecule has 14 heteroatoms. The van der Waals surface area contributed by atoms with Crippen molar-refractivity contribution in [3.8, 4) is 22.5 Å². The van der Waals surface area contributed by atoms with Crippen LogP contribution in [0.1, 0.15) is 67.3 Å². The largest absolute Gasteiger partial charge is 0.392 e. The topological polar surface area (TPSA) is 151 Å². The van der Waals surface area contributed by atoms with Gasteiger partial charge in [-0.2, -0.15) is 0 Å². The van der Waals surface area contributed by atoms with Crippen LogP contribution in [0.25, 0.3) is 22.5 Å². The molecular weight excluding hydrogens is 701 g/mol. The van der Waals surface area contributed by atoms with Gasteiger partial charge in [-0.1, -0.05) is 42.5 Å². The number of hydrogen-bond acceptors (Lipinski definition) is 8. The van der Waals surface area contributed by atoms with Crippen LogP contribution in [0.15, 0.2) is 67.5 Å². The van der Waals surface area contributed by atoms with Crippen LogP contribution >= 0.6 is 0 Å². The minimum absolute atomic E-state index is 0.0352. The maximum Gasteiger partial charge on any atom is 0.218 e. The first-order valence-corrected chi connectivity index (χ1v) is 21.9. The Bertz CT molecular complexity index is 2300. The second-order valence-electron chi connectivity index (χ2n) is 16.4. The van der Waals surface area contributed by atoms with Crippen molar-refractivity contribution in [3.63, 3.8) is 0 Å². The van der Waals surface area contributed by atoms with E-state index in [1.807, 2.05) is 42.9 Å². The molecule has 4 aliphatic heterocycles. The van der Waals surface area contributed by atoms with Crippen molar-refractivity contribution in [2.75, 3.05) is 32.4 Å². The van der Waals surface area contributed by atoms with Crippen molar-refractivity contribution < 1.29 is 27.0 Å². The smallest absolute Gasteiger partial charge is 0.218 e. The molecule has 6 atom stereocenters. The minimum atomic E-state index is -3.67. The van der Waals surface area contributed by atoms with Crippen LogP contribution in [-0.2, 0) is 25.8 Å². The van der Waals surface area contributed by atoms with E-state index in [0.29, 0.717) is 51.9 Å². The highest BCUT2D eigenvalue weighted by Crippen LogP contribution is 2.61. The van der Waals surface area contributed by atoms with Crippen molar-refractivity contribution in [3.05, 3.63) is 84.2 Å². The van der Waals surface area contributed by atoms with Crippen LogP contribution in [0.4, 0.5) is 0 Å². The Morgan fingerprint density at radius 3 is 1.87 bits per heavy atom. The predicted octanol–water partition coefficient (Wildman–Crippen LogP) is 3.63. The fourth-order valence-electron chi connectivity index (χ4n) is 11.2. The summed E-state index contributed by atoms with van der Waals surface area (Å²) in [5.74, 6) is -0.166. The molecule has 274 valence electrons. The zero-order valence-corrected chi connectivity index (χ0v) is 30.8. The molecule has 0 unspecified atom stereocenters. The van der Waals surface area contributed by atoms with E-state index in [1.54, 1.807) is 16.8 Å². The Morgan fingerprint density at radius 2 is 1.25 bits per heavy atom. The number of benzene rings is 2. The number of rotatable bonds is 6. The molecule has 2 spiro atoms. The van der Waals surface area contributed by atoms with Crippen molar-refractivity contribution in [2.45, 2.75) is 68.6 Å². The maximum atomic E-state index is 14.1. The van der Waals surface area contributed by atoms with Crippen LogP contribution in [0.3, 0.4) is 0 Å². The molecule has 2 saturated heterocycles. The third kappa shape index (κ3) is 4.63. The Kier molecular flexibility index (Phi) is 7.22. The molecule has 52 heavy (non-hydrogen) atoms. The van der Waals surface area contributed by atoms with Gasteiger partial charge in [0.25, 0.3) is 0 Å². The number of nitrogens with zero attached hydrogens (tertiary/aromatic N) is 6. The number of aliphatic hydroxyl groups is 2. The summed E-state index contributed by atoms with van der Waals surface area (Å²) >= 11 is 0. The SMILES string of the molecule is CS(=O)(=O)N1CCC2(CC1)C[C@@H]([C@H]1c3cccc(CS(=O)(=O)N4CCC5(CC4)C[C@H]([C@@H]4c6ccccc6-c6cncn64)[C@H]5O)c3-c3cncn31)[C@@H]2O. The highest BCUT2D eigenvalue weighted by Gasteiger charge is 2.60. The summed E-state index contributed by atoms with van der Waals surface area (Å²) in [7, 11) is -6.93. The van der Waals surface area contributed by atoms with Gasteiger partial charge in [0.05, 0.1) is 72.7 Å². The van der Waals surface area contributed by atoms with Gasteiger partial charge >= 0.3 is 0 Å². The second-order valence-corrected chi connectivity index (χ2v) is 20.3. The molecule has 4 fully saturated rings. The quantitative estimate of drug-likeness (QED) is 0.304. The van der Waals surface area contributed by atoms with Crippen LogP contribution in [0.5, 0.6) is 0 Å². The van der Waals surface area contributed by atoms with Gasteiger partial charge in [-0.15, -0.1) is 0 Å². The number of imidazole rings is 2. The monoisotopic (exact) mass is 744 g/mol. The lowest BCUT2D eigenvalue weighted by Crippen LogP contribution is -2.59. The van der Waals surface area contributed by atoms with Crippen LogP contribution < -0.4 is 0 Å². The number of hydrogen-bond donors (Lipinski definition) is 2. The Labute approximate surface area is 304 Å². The van der Waals surface area contributed by atoms with E-state index in [-0.39, 0.29) is 40.5 Å². The summed E-state index contributed by atoms with van der Waals surface area (Å²) in [6, 6.07) is 14.1. The zero-order valence-electron chi connectivity index (χ0n) is 29.1. The standard InChI is InChI=1S/C38H44N6O6S2/c1-51(47,48)41-13-9-37(10-14-41)18-29(36(37)46)34-27-8-4-5-24(32(27)31-20-40-23-44(31)34)21-52(49,50)42-15-11-38(12-16-42)17-28(35(38)45)33-26-7-3-2-6-25(26)30-19-39-22-43(30)33/h2-8,19-20,22-23,28-29,33-36,45-46H,9-18,21H2,1H3/t28-,29+,33+,34-,35-,36+/m1/s1. The highest BCUT2D eigenvalue weighted by molar-refractivity contribution is 7.88. The first kappa shape index (κ1) is 33.2. The Morgan fingerprint density at radius 1 is 0.712 bits per heavy atom. The minimum Gasteiger partial charge on any atom is -0.392 e. The van der Waals surface area contributed by atoms with Crippen LogP contribution in [0.2, 0.25) is 0 Å². The molecule has 2 aromatic carbocycles. The molecule has 2 aliphatic carbocycles. The molecule has 0 radical (unpaired) electrons. The van der Waals surface area contributed by atoms with Crippen molar-refractivity contribution in [2.24, 2.45) is 22.7 Å². The third-order valence-corrected chi connectivity index (χ3v) is 17.2. The first-order chi connectivity index (χ1) is 24.9. The molecule has 2 aromatic heterocycles. The maximum absolute atomic E-state index is 14.1. The summed E-state index contributed by atoms with van der Waals surface area (Å²) in [6.45, 7) is 1.60. The van der Waals surface area contributed by atoms with Crippen molar-refractivity contribution in [1.82, 2.24) is 27.7 Å². The number of fused-ring (bicyclic) bond motifs is 6. The number of piperidine rings is 2. The molecule has 6 heterocycles. The van der Waals surface area contributed by atoms with Crippen LogP contribution in [-0.4, -0.2) is 99.4 Å². The molecule has 2 saturated carbocycles. The average Bonchev–Trinajstić information content (AvgIpc) is 3.92. The zero-order chi connectivity index (χ0) is 35.8. The number of aliphatic hydroxyl groups excluding tert-OH is 2. The van der Waals surface area contributed by atoms with Gasteiger partial charge in [-0.25, -0.2) is 35.4 Å². The molecule has 12 nitrogen and oxygen atoms in total. The van der Waals surface area contributed by atoms with Gasteiger partial charge in [0, 0.05) is 49.1 Å². The average molecular weight is 745 g/mol. The third-order valence-electron chi connectivity index (χ3n) is 14.0. The van der Waals surface area contributed by atoms with E-state index >= 15 is 0 Å². The molecular formula is C38H44N6O6S2. The fourth-order valence-corrected chi connectivity index (χ4v) is 13.6. The first-order valence-electron chi connectivity index (χ1n) is 18.5. The lowest BCUT2D eigenvalue weighted by atomic mass is 9.53. The summed E-state index contributed by atoms with van der Waals surface area (Å²) in [4.78, 5) is 8.83. The predicted molar refractivity (Wildman–Crippen MR) is 194 cm³/mol.